The topological polar surface area (TPSA) is 29.1 Å². The van der Waals surface area contributed by atoms with E-state index in [1.54, 1.807) is 0 Å². The van der Waals surface area contributed by atoms with E-state index in [1.165, 1.54) is 0 Å². The molecule has 0 aromatic heterocycles. The van der Waals surface area contributed by atoms with Gasteiger partial charge in [0, 0.05) is 4.48 Å². The van der Waals surface area contributed by atoms with Gasteiger partial charge in [0.05, 0.1) is 12.5 Å². The standard InChI is InChI=1S/C14H14BrNO/c15-12-6-8-13(9-7-12)16-14(17)10-11-4-2-1-3-5-11/h1-8,13H,9-10H2,(H,16,17). The second kappa shape index (κ2) is 5.82. The number of halogens is 1. The van der Waals surface area contributed by atoms with Crippen LogP contribution in [0, 0.1) is 0 Å². The summed E-state index contributed by atoms with van der Waals surface area (Å²) in [4.78, 5) is 11.8. The molecule has 1 unspecified atom stereocenters. The maximum absolute atomic E-state index is 11.8. The van der Waals surface area contributed by atoms with Gasteiger partial charge in [0.2, 0.25) is 5.91 Å². The van der Waals surface area contributed by atoms with Crippen molar-refractivity contribution >= 4 is 21.8 Å². The van der Waals surface area contributed by atoms with E-state index in [1.807, 2.05) is 42.5 Å². The number of rotatable bonds is 3. The highest BCUT2D eigenvalue weighted by Gasteiger charge is 2.11. The van der Waals surface area contributed by atoms with Crippen molar-refractivity contribution in [2.45, 2.75) is 18.9 Å². The van der Waals surface area contributed by atoms with Crippen molar-refractivity contribution in [3.8, 4) is 0 Å². The van der Waals surface area contributed by atoms with Crippen molar-refractivity contribution in [2.75, 3.05) is 0 Å². The monoisotopic (exact) mass is 291 g/mol. The number of carbonyl (C=O) groups excluding carboxylic acids is 1. The fraction of sp³-hybridized carbons (Fsp3) is 0.214. The highest BCUT2D eigenvalue weighted by atomic mass is 79.9. The zero-order valence-corrected chi connectivity index (χ0v) is 11.0. The Morgan fingerprint density at radius 3 is 2.76 bits per heavy atom. The molecule has 0 saturated heterocycles. The first-order valence-corrected chi connectivity index (χ1v) is 6.40. The van der Waals surface area contributed by atoms with E-state index in [-0.39, 0.29) is 11.9 Å². The number of hydrogen-bond acceptors (Lipinski definition) is 1. The maximum atomic E-state index is 11.8. The van der Waals surface area contributed by atoms with Crippen molar-refractivity contribution in [2.24, 2.45) is 0 Å². The first kappa shape index (κ1) is 12.1. The summed E-state index contributed by atoms with van der Waals surface area (Å²) < 4.78 is 1.08. The van der Waals surface area contributed by atoms with E-state index in [2.05, 4.69) is 27.3 Å². The number of allylic oxidation sites excluding steroid dienone is 2. The lowest BCUT2D eigenvalue weighted by Gasteiger charge is -2.16. The Balaban J connectivity index is 1.85. The van der Waals surface area contributed by atoms with Gasteiger partial charge in [0.1, 0.15) is 0 Å². The van der Waals surface area contributed by atoms with Crippen molar-refractivity contribution in [3.05, 3.63) is 58.6 Å². The quantitative estimate of drug-likeness (QED) is 0.911. The minimum absolute atomic E-state index is 0.0669. The van der Waals surface area contributed by atoms with E-state index in [0.29, 0.717) is 6.42 Å². The number of amides is 1. The van der Waals surface area contributed by atoms with E-state index >= 15 is 0 Å². The minimum atomic E-state index is 0.0669. The summed E-state index contributed by atoms with van der Waals surface area (Å²) in [5, 5.41) is 3.00. The Morgan fingerprint density at radius 2 is 2.12 bits per heavy atom. The van der Waals surface area contributed by atoms with Crippen LogP contribution in [0.1, 0.15) is 12.0 Å². The highest BCUT2D eigenvalue weighted by molar-refractivity contribution is 9.11. The maximum Gasteiger partial charge on any atom is 0.224 e. The summed E-state index contributed by atoms with van der Waals surface area (Å²) in [6, 6.07) is 9.89. The largest absolute Gasteiger partial charge is 0.349 e. The molecule has 1 aliphatic carbocycles. The molecule has 0 heterocycles. The Bertz CT molecular complexity index is 451. The molecule has 0 fully saturated rings. The Hall–Kier alpha value is -1.35. The van der Waals surface area contributed by atoms with Gasteiger partial charge in [0.15, 0.2) is 0 Å². The first-order valence-electron chi connectivity index (χ1n) is 5.61. The molecular weight excluding hydrogens is 278 g/mol. The van der Waals surface area contributed by atoms with E-state index in [0.717, 1.165) is 16.5 Å². The molecule has 2 nitrogen and oxygen atoms in total. The van der Waals surface area contributed by atoms with Crippen LogP contribution < -0.4 is 5.32 Å². The van der Waals surface area contributed by atoms with Crippen molar-refractivity contribution < 1.29 is 4.79 Å². The minimum Gasteiger partial charge on any atom is -0.349 e. The summed E-state index contributed by atoms with van der Waals surface area (Å²) in [7, 11) is 0. The molecule has 3 heteroatoms. The lowest BCUT2D eigenvalue weighted by atomic mass is 10.1. The average Bonchev–Trinajstić information content (AvgIpc) is 2.33. The van der Waals surface area contributed by atoms with Gasteiger partial charge >= 0.3 is 0 Å². The molecule has 0 spiro atoms. The van der Waals surface area contributed by atoms with E-state index in [9.17, 15) is 4.79 Å². The van der Waals surface area contributed by atoms with E-state index < -0.39 is 0 Å². The Morgan fingerprint density at radius 1 is 1.35 bits per heavy atom. The number of benzene rings is 1. The fourth-order valence-corrected chi connectivity index (χ4v) is 2.08. The van der Waals surface area contributed by atoms with Gasteiger partial charge in [-0.2, -0.15) is 0 Å². The molecule has 88 valence electrons. The summed E-state index contributed by atoms with van der Waals surface area (Å²) in [5.74, 6) is 0.0669. The normalized spacial score (nSPS) is 18.6. The lowest BCUT2D eigenvalue weighted by Crippen LogP contribution is -2.34. The summed E-state index contributed by atoms with van der Waals surface area (Å²) >= 11 is 3.40. The smallest absolute Gasteiger partial charge is 0.224 e. The van der Waals surface area contributed by atoms with Crippen LogP contribution in [0.4, 0.5) is 0 Å². The Kier molecular flexibility index (Phi) is 4.15. The molecule has 1 atom stereocenters. The van der Waals surface area contributed by atoms with Crippen LogP contribution in [-0.4, -0.2) is 11.9 Å². The van der Waals surface area contributed by atoms with Crippen LogP contribution in [0.2, 0.25) is 0 Å². The van der Waals surface area contributed by atoms with E-state index in [4.69, 9.17) is 0 Å². The third-order valence-corrected chi connectivity index (χ3v) is 3.20. The third kappa shape index (κ3) is 3.86. The van der Waals surface area contributed by atoms with Crippen LogP contribution in [0.25, 0.3) is 0 Å². The van der Waals surface area contributed by atoms with Gasteiger partial charge in [-0.1, -0.05) is 64.5 Å². The summed E-state index contributed by atoms with van der Waals surface area (Å²) in [6.07, 6.45) is 7.32. The molecule has 0 radical (unpaired) electrons. The number of hydrogen-bond donors (Lipinski definition) is 1. The molecule has 0 aliphatic heterocycles. The van der Waals surface area contributed by atoms with Crippen molar-refractivity contribution in [1.82, 2.24) is 5.32 Å². The van der Waals surface area contributed by atoms with Gasteiger partial charge in [-0.15, -0.1) is 0 Å². The van der Waals surface area contributed by atoms with Gasteiger partial charge in [0.25, 0.3) is 0 Å². The van der Waals surface area contributed by atoms with Gasteiger partial charge < -0.3 is 5.32 Å². The molecule has 1 N–H and O–H groups in total. The lowest BCUT2D eigenvalue weighted by molar-refractivity contribution is -0.120. The molecule has 1 aromatic carbocycles. The number of carbonyl (C=O) groups is 1. The van der Waals surface area contributed by atoms with Crippen LogP contribution in [0.15, 0.2) is 53.0 Å². The third-order valence-electron chi connectivity index (χ3n) is 2.61. The van der Waals surface area contributed by atoms with Crippen LogP contribution in [-0.2, 0) is 11.2 Å². The Labute approximate surface area is 110 Å². The van der Waals surface area contributed by atoms with Gasteiger partial charge in [-0.3, -0.25) is 4.79 Å². The molecular formula is C14H14BrNO. The summed E-state index contributed by atoms with van der Waals surface area (Å²) in [6.45, 7) is 0. The van der Waals surface area contributed by atoms with Gasteiger partial charge in [-0.05, 0) is 12.0 Å². The molecule has 1 aromatic rings. The molecule has 1 amide bonds. The predicted molar refractivity (Wildman–Crippen MR) is 72.8 cm³/mol. The van der Waals surface area contributed by atoms with Gasteiger partial charge in [-0.25, -0.2) is 0 Å². The SMILES string of the molecule is O=C(Cc1ccccc1)NC1C=CC(Br)=CC1. The van der Waals surface area contributed by atoms with Crippen LogP contribution in [0.5, 0.6) is 0 Å². The zero-order valence-electron chi connectivity index (χ0n) is 9.40. The fourth-order valence-electron chi connectivity index (χ4n) is 1.74. The molecule has 0 saturated carbocycles. The molecule has 17 heavy (non-hydrogen) atoms. The second-order valence-electron chi connectivity index (χ2n) is 4.02. The van der Waals surface area contributed by atoms with Crippen LogP contribution in [0.3, 0.4) is 0 Å². The molecule has 1 aliphatic rings. The predicted octanol–water partition coefficient (Wildman–Crippen LogP) is 2.95. The highest BCUT2D eigenvalue weighted by Crippen LogP contribution is 2.15. The second-order valence-corrected chi connectivity index (χ2v) is 4.94. The number of nitrogens with one attached hydrogen (secondary N) is 1. The average molecular weight is 292 g/mol. The zero-order chi connectivity index (χ0) is 12.1. The van der Waals surface area contributed by atoms with Crippen molar-refractivity contribution in [1.29, 1.82) is 0 Å². The summed E-state index contributed by atoms with van der Waals surface area (Å²) in [5.41, 5.74) is 1.04. The molecule has 0 bridgehead atoms. The first-order chi connectivity index (χ1) is 8.24. The van der Waals surface area contributed by atoms with Crippen molar-refractivity contribution in [3.63, 3.8) is 0 Å². The molecule has 2 rings (SSSR count). The van der Waals surface area contributed by atoms with Crippen LogP contribution >= 0.6 is 15.9 Å².